The van der Waals surface area contributed by atoms with Gasteiger partial charge in [0.1, 0.15) is 6.61 Å². The summed E-state index contributed by atoms with van der Waals surface area (Å²) >= 11 is 0. The highest BCUT2D eigenvalue weighted by Gasteiger charge is 2.34. The number of nitrogens with zero attached hydrogens (tertiary/aromatic N) is 1. The molecule has 0 saturated heterocycles. The van der Waals surface area contributed by atoms with Crippen molar-refractivity contribution in [2.24, 2.45) is 0 Å². The van der Waals surface area contributed by atoms with Crippen LogP contribution in [0.3, 0.4) is 0 Å². The molecule has 2 aromatic rings. The number of rotatable bonds is 7. The Bertz CT molecular complexity index is 1000. The normalized spacial score (nSPS) is 13.2. The lowest BCUT2D eigenvalue weighted by molar-refractivity contribution is -0.111. The second-order valence-electron chi connectivity index (χ2n) is 6.39. The van der Waals surface area contributed by atoms with Crippen LogP contribution >= 0.6 is 0 Å². The Kier molecular flexibility index (Phi) is 6.54. The molecule has 7 nitrogen and oxygen atoms in total. The van der Waals surface area contributed by atoms with E-state index >= 15 is 0 Å². The molecule has 3 rings (SSSR count). The van der Waals surface area contributed by atoms with Crippen molar-refractivity contribution in [2.75, 3.05) is 18.5 Å². The van der Waals surface area contributed by atoms with Gasteiger partial charge < -0.3 is 10.1 Å². The Labute approximate surface area is 173 Å². The summed E-state index contributed by atoms with van der Waals surface area (Å²) in [5.74, 6) is -1.66. The van der Waals surface area contributed by atoms with Crippen molar-refractivity contribution in [1.29, 1.82) is 0 Å². The minimum atomic E-state index is -0.586. The molecule has 152 valence electrons. The highest BCUT2D eigenvalue weighted by Crippen LogP contribution is 2.22. The second kappa shape index (κ2) is 9.47. The molecule has 0 atom stereocenters. The van der Waals surface area contributed by atoms with E-state index in [1.165, 1.54) is 18.2 Å². The lowest BCUT2D eigenvalue weighted by Gasteiger charge is -2.13. The fraction of sp³-hybridized carbons (Fsp3) is 0.130. The number of hydrogen-bond donors (Lipinski definition) is 1. The first-order chi connectivity index (χ1) is 14.5. The van der Waals surface area contributed by atoms with Crippen LogP contribution in [-0.2, 0) is 9.53 Å². The second-order valence-corrected chi connectivity index (χ2v) is 6.39. The van der Waals surface area contributed by atoms with Gasteiger partial charge in [-0.3, -0.25) is 19.3 Å². The summed E-state index contributed by atoms with van der Waals surface area (Å²) in [6, 6.07) is 12.8. The number of carbonyl (C=O) groups is 4. The fourth-order valence-corrected chi connectivity index (χ4v) is 2.88. The van der Waals surface area contributed by atoms with E-state index in [9.17, 15) is 19.2 Å². The zero-order valence-corrected chi connectivity index (χ0v) is 16.3. The van der Waals surface area contributed by atoms with Crippen LogP contribution in [0.15, 0.2) is 72.8 Å². The van der Waals surface area contributed by atoms with Gasteiger partial charge in [-0.2, -0.15) is 0 Å². The largest absolute Gasteiger partial charge is 0.460 e. The Morgan fingerprint density at radius 2 is 1.60 bits per heavy atom. The zero-order chi connectivity index (χ0) is 21.5. The lowest BCUT2D eigenvalue weighted by atomic mass is 10.1. The van der Waals surface area contributed by atoms with E-state index in [-0.39, 0.29) is 19.1 Å². The Morgan fingerprint density at radius 3 is 2.20 bits per heavy atom. The van der Waals surface area contributed by atoms with Crippen LogP contribution in [0.1, 0.15) is 38.0 Å². The monoisotopic (exact) mass is 404 g/mol. The topological polar surface area (TPSA) is 92.8 Å². The molecule has 0 aromatic heterocycles. The molecular formula is C23H20N2O5. The fourth-order valence-electron chi connectivity index (χ4n) is 2.88. The van der Waals surface area contributed by atoms with E-state index in [4.69, 9.17) is 4.74 Å². The Hall–Kier alpha value is -4.00. The molecule has 0 bridgehead atoms. The molecule has 0 aliphatic carbocycles. The summed E-state index contributed by atoms with van der Waals surface area (Å²) < 4.78 is 5.18. The smallest absolute Gasteiger partial charge is 0.338 e. The highest BCUT2D eigenvalue weighted by molar-refractivity contribution is 6.21. The van der Waals surface area contributed by atoms with Gasteiger partial charge in [-0.25, -0.2) is 4.79 Å². The summed E-state index contributed by atoms with van der Waals surface area (Å²) in [6.45, 7) is 1.71. The first-order valence-electron chi connectivity index (χ1n) is 9.34. The third-order valence-electron chi connectivity index (χ3n) is 4.37. The van der Waals surface area contributed by atoms with Crippen molar-refractivity contribution in [3.05, 3.63) is 89.5 Å². The molecule has 1 aliphatic heterocycles. The highest BCUT2D eigenvalue weighted by atomic mass is 16.5. The van der Waals surface area contributed by atoms with Crippen molar-refractivity contribution < 1.29 is 23.9 Å². The average Bonchev–Trinajstić information content (AvgIpc) is 2.99. The molecule has 30 heavy (non-hydrogen) atoms. The zero-order valence-electron chi connectivity index (χ0n) is 16.3. The third-order valence-corrected chi connectivity index (χ3v) is 4.37. The summed E-state index contributed by atoms with van der Waals surface area (Å²) in [5.41, 5.74) is 1.53. The first-order valence-corrected chi connectivity index (χ1v) is 9.34. The van der Waals surface area contributed by atoms with Gasteiger partial charge in [-0.1, -0.05) is 30.4 Å². The maximum atomic E-state index is 12.3. The number of benzene rings is 2. The van der Waals surface area contributed by atoms with E-state index in [0.717, 1.165) is 4.90 Å². The van der Waals surface area contributed by atoms with Crippen LogP contribution < -0.4 is 5.32 Å². The van der Waals surface area contributed by atoms with Crippen LogP contribution in [0.4, 0.5) is 5.69 Å². The number of esters is 1. The quantitative estimate of drug-likeness (QED) is 0.331. The summed E-state index contributed by atoms with van der Waals surface area (Å²) in [6.07, 6.45) is 6.55. The van der Waals surface area contributed by atoms with Crippen LogP contribution in [0.25, 0.3) is 0 Å². The number of hydrogen-bond acceptors (Lipinski definition) is 5. The van der Waals surface area contributed by atoms with Crippen molar-refractivity contribution in [3.8, 4) is 0 Å². The van der Waals surface area contributed by atoms with E-state index in [1.54, 1.807) is 54.6 Å². The van der Waals surface area contributed by atoms with E-state index in [0.29, 0.717) is 22.4 Å². The molecule has 0 radical (unpaired) electrons. The van der Waals surface area contributed by atoms with Crippen molar-refractivity contribution in [2.45, 2.75) is 6.92 Å². The number of nitrogens with one attached hydrogen (secondary N) is 1. The van der Waals surface area contributed by atoms with Gasteiger partial charge in [-0.05, 0) is 43.3 Å². The van der Waals surface area contributed by atoms with Crippen LogP contribution in [-0.4, -0.2) is 41.7 Å². The molecule has 0 unspecified atom stereocenters. The predicted molar refractivity (Wildman–Crippen MR) is 111 cm³/mol. The van der Waals surface area contributed by atoms with Crippen LogP contribution in [0.2, 0.25) is 0 Å². The summed E-state index contributed by atoms with van der Waals surface area (Å²) in [7, 11) is 0. The van der Waals surface area contributed by atoms with Gasteiger partial charge in [0.15, 0.2) is 0 Å². The third kappa shape index (κ3) is 4.70. The first kappa shape index (κ1) is 20.7. The number of carbonyl (C=O) groups excluding carboxylic acids is 4. The molecule has 7 heteroatoms. The van der Waals surface area contributed by atoms with Crippen molar-refractivity contribution >= 4 is 29.4 Å². The number of allylic oxidation sites excluding steroid dienone is 3. The lowest BCUT2D eigenvalue weighted by Crippen LogP contribution is -2.33. The predicted octanol–water partition coefficient (Wildman–Crippen LogP) is 3.21. The minimum absolute atomic E-state index is 0.0230. The number of imide groups is 1. The molecule has 1 heterocycles. The van der Waals surface area contributed by atoms with Gasteiger partial charge in [-0.15, -0.1) is 0 Å². The van der Waals surface area contributed by atoms with Crippen LogP contribution in [0, 0.1) is 0 Å². The number of fused-ring (bicyclic) bond motifs is 1. The molecule has 0 spiro atoms. The minimum Gasteiger partial charge on any atom is -0.460 e. The molecular weight excluding hydrogens is 384 g/mol. The maximum Gasteiger partial charge on any atom is 0.338 e. The van der Waals surface area contributed by atoms with Crippen LogP contribution in [0.5, 0.6) is 0 Å². The van der Waals surface area contributed by atoms with E-state index in [2.05, 4.69) is 5.32 Å². The maximum absolute atomic E-state index is 12.3. The van der Waals surface area contributed by atoms with Gasteiger partial charge in [0.05, 0.1) is 23.2 Å². The summed E-state index contributed by atoms with van der Waals surface area (Å²) in [4.78, 5) is 49.5. The van der Waals surface area contributed by atoms with Gasteiger partial charge in [0, 0.05) is 11.8 Å². The van der Waals surface area contributed by atoms with Gasteiger partial charge in [0.2, 0.25) is 5.91 Å². The van der Waals surface area contributed by atoms with E-state index < -0.39 is 17.8 Å². The Morgan fingerprint density at radius 1 is 0.967 bits per heavy atom. The van der Waals surface area contributed by atoms with Gasteiger partial charge >= 0.3 is 5.97 Å². The van der Waals surface area contributed by atoms with Crippen molar-refractivity contribution in [3.63, 3.8) is 0 Å². The Balaban J connectivity index is 1.50. The van der Waals surface area contributed by atoms with Gasteiger partial charge in [0.25, 0.3) is 11.8 Å². The van der Waals surface area contributed by atoms with Crippen molar-refractivity contribution in [1.82, 2.24) is 4.90 Å². The molecule has 1 N–H and O–H groups in total. The number of amides is 3. The average molecular weight is 404 g/mol. The molecule has 0 saturated carbocycles. The molecule has 3 amide bonds. The number of ether oxygens (including phenoxy) is 1. The van der Waals surface area contributed by atoms with E-state index in [1.807, 2.05) is 6.92 Å². The molecule has 2 aromatic carbocycles. The molecule has 0 fully saturated rings. The summed E-state index contributed by atoms with van der Waals surface area (Å²) in [5, 5.41) is 2.67. The molecule has 1 aliphatic rings. The standard InChI is InChI=1S/C23H20N2O5/c1-2-3-4-9-20(26)24-17-12-10-16(11-13-17)23(29)30-15-14-25-21(27)18-7-5-6-8-19(18)22(25)28/h2-13H,14-15H2,1H3,(H,24,26)/b3-2+,9-4+. The number of anilines is 1. The SMILES string of the molecule is C/C=C/C=C/C(=O)Nc1ccc(C(=O)OCCN2C(=O)c3ccccc3C2=O)cc1.